The number of amides is 1. The summed E-state index contributed by atoms with van der Waals surface area (Å²) < 4.78 is 31.3. The SMILES string of the molecule is C[C@H]1COc2cc(F)cc(F)c2NC1=O. The van der Waals surface area contributed by atoms with Gasteiger partial charge in [-0.15, -0.1) is 0 Å². The van der Waals surface area contributed by atoms with Crippen molar-refractivity contribution in [2.45, 2.75) is 6.92 Å². The van der Waals surface area contributed by atoms with Gasteiger partial charge in [-0.1, -0.05) is 6.92 Å². The van der Waals surface area contributed by atoms with Crippen molar-refractivity contribution in [1.82, 2.24) is 0 Å². The van der Waals surface area contributed by atoms with Crippen LogP contribution >= 0.6 is 0 Å². The summed E-state index contributed by atoms with van der Waals surface area (Å²) in [4.78, 5) is 11.4. The normalized spacial score (nSPS) is 19.9. The van der Waals surface area contributed by atoms with Crippen molar-refractivity contribution in [3.63, 3.8) is 0 Å². The molecule has 0 radical (unpaired) electrons. The molecule has 1 atom stereocenters. The van der Waals surface area contributed by atoms with Gasteiger partial charge in [-0.25, -0.2) is 8.78 Å². The Labute approximate surface area is 85.0 Å². The molecule has 0 aliphatic carbocycles. The van der Waals surface area contributed by atoms with Gasteiger partial charge in [0.15, 0.2) is 5.82 Å². The molecule has 1 N–H and O–H groups in total. The van der Waals surface area contributed by atoms with E-state index >= 15 is 0 Å². The van der Waals surface area contributed by atoms with Gasteiger partial charge in [0.2, 0.25) is 5.91 Å². The quantitative estimate of drug-likeness (QED) is 0.715. The van der Waals surface area contributed by atoms with Gasteiger partial charge in [0.05, 0.1) is 12.5 Å². The Morgan fingerprint density at radius 2 is 2.20 bits per heavy atom. The van der Waals surface area contributed by atoms with Crippen molar-refractivity contribution in [2.24, 2.45) is 5.92 Å². The second-order valence-electron chi connectivity index (χ2n) is 3.46. The molecule has 80 valence electrons. The third-order valence-electron chi connectivity index (χ3n) is 2.20. The Morgan fingerprint density at radius 1 is 1.47 bits per heavy atom. The summed E-state index contributed by atoms with van der Waals surface area (Å²) in [5.74, 6) is -2.24. The van der Waals surface area contributed by atoms with E-state index in [2.05, 4.69) is 5.32 Å². The van der Waals surface area contributed by atoms with E-state index in [1.807, 2.05) is 0 Å². The summed E-state index contributed by atoms with van der Waals surface area (Å²) in [5.41, 5.74) is -0.0919. The molecule has 15 heavy (non-hydrogen) atoms. The number of benzene rings is 1. The maximum Gasteiger partial charge on any atom is 0.230 e. The van der Waals surface area contributed by atoms with Crippen molar-refractivity contribution in [3.05, 3.63) is 23.8 Å². The molecule has 5 heteroatoms. The minimum absolute atomic E-state index is 0.0326. The van der Waals surface area contributed by atoms with E-state index in [1.54, 1.807) is 6.92 Å². The zero-order chi connectivity index (χ0) is 11.0. The third-order valence-corrected chi connectivity index (χ3v) is 2.20. The highest BCUT2D eigenvalue weighted by atomic mass is 19.1. The van der Waals surface area contributed by atoms with E-state index in [9.17, 15) is 13.6 Å². The third kappa shape index (κ3) is 1.77. The number of hydrogen-bond acceptors (Lipinski definition) is 2. The lowest BCUT2D eigenvalue weighted by atomic mass is 10.2. The van der Waals surface area contributed by atoms with Crippen molar-refractivity contribution < 1.29 is 18.3 Å². The lowest BCUT2D eigenvalue weighted by Crippen LogP contribution is -2.22. The van der Waals surface area contributed by atoms with Gasteiger partial charge in [-0.05, 0) is 0 Å². The van der Waals surface area contributed by atoms with Crippen LogP contribution < -0.4 is 10.1 Å². The number of hydrogen-bond donors (Lipinski definition) is 1. The average Bonchev–Trinajstić information content (AvgIpc) is 2.30. The Morgan fingerprint density at radius 3 is 2.93 bits per heavy atom. The van der Waals surface area contributed by atoms with Crippen LogP contribution in [0, 0.1) is 17.6 Å². The van der Waals surface area contributed by atoms with Gasteiger partial charge < -0.3 is 10.1 Å². The monoisotopic (exact) mass is 213 g/mol. The fourth-order valence-electron chi connectivity index (χ4n) is 1.32. The summed E-state index contributed by atoms with van der Waals surface area (Å²) >= 11 is 0. The summed E-state index contributed by atoms with van der Waals surface area (Å²) in [5, 5.41) is 2.36. The maximum atomic E-state index is 13.3. The molecule has 3 nitrogen and oxygen atoms in total. The molecule has 1 aliphatic heterocycles. The lowest BCUT2D eigenvalue weighted by Gasteiger charge is -2.07. The van der Waals surface area contributed by atoms with E-state index in [4.69, 9.17) is 4.74 Å². The van der Waals surface area contributed by atoms with E-state index in [0.29, 0.717) is 6.07 Å². The topological polar surface area (TPSA) is 38.3 Å². The highest BCUT2D eigenvalue weighted by Crippen LogP contribution is 2.31. The van der Waals surface area contributed by atoms with Gasteiger partial charge in [0, 0.05) is 12.1 Å². The summed E-state index contributed by atoms with van der Waals surface area (Å²) in [6.45, 7) is 1.76. The van der Waals surface area contributed by atoms with E-state index < -0.39 is 11.6 Å². The number of ether oxygens (including phenoxy) is 1. The first-order valence-corrected chi connectivity index (χ1v) is 4.50. The van der Waals surface area contributed by atoms with Crippen molar-refractivity contribution in [3.8, 4) is 5.75 Å². The number of fused-ring (bicyclic) bond motifs is 1. The predicted octanol–water partition coefficient (Wildman–Crippen LogP) is 1.93. The molecule has 0 fully saturated rings. The Hall–Kier alpha value is -1.65. The predicted molar refractivity (Wildman–Crippen MR) is 49.6 cm³/mol. The van der Waals surface area contributed by atoms with E-state index in [-0.39, 0.29) is 29.9 Å². The average molecular weight is 213 g/mol. The lowest BCUT2D eigenvalue weighted by molar-refractivity contribution is -0.119. The van der Waals surface area contributed by atoms with Crippen molar-refractivity contribution in [1.29, 1.82) is 0 Å². The molecule has 1 heterocycles. The molecular formula is C10H9F2NO2. The molecule has 1 aromatic rings. The van der Waals surface area contributed by atoms with Gasteiger partial charge in [-0.3, -0.25) is 4.79 Å². The minimum atomic E-state index is -0.826. The molecular weight excluding hydrogens is 204 g/mol. The van der Waals surface area contributed by atoms with Crippen LogP contribution in [0.5, 0.6) is 5.75 Å². The van der Waals surface area contributed by atoms with Gasteiger partial charge in [0.1, 0.15) is 17.3 Å². The smallest absolute Gasteiger partial charge is 0.230 e. The molecule has 0 spiro atoms. The molecule has 0 saturated heterocycles. The van der Waals surface area contributed by atoms with Gasteiger partial charge >= 0.3 is 0 Å². The first-order valence-electron chi connectivity index (χ1n) is 4.50. The second-order valence-corrected chi connectivity index (χ2v) is 3.46. The first-order chi connectivity index (χ1) is 7.08. The Balaban J connectivity index is 2.47. The van der Waals surface area contributed by atoms with Crippen LogP contribution in [0.25, 0.3) is 0 Å². The van der Waals surface area contributed by atoms with Crippen LogP contribution in [0.4, 0.5) is 14.5 Å². The largest absolute Gasteiger partial charge is 0.490 e. The molecule has 0 aromatic heterocycles. The van der Waals surface area contributed by atoms with Crippen molar-refractivity contribution in [2.75, 3.05) is 11.9 Å². The fraction of sp³-hybridized carbons (Fsp3) is 0.300. The number of carbonyl (C=O) groups excluding carboxylic acids is 1. The number of nitrogens with one attached hydrogen (secondary N) is 1. The maximum absolute atomic E-state index is 13.3. The number of anilines is 1. The fourth-order valence-corrected chi connectivity index (χ4v) is 1.32. The second kappa shape index (κ2) is 3.49. The van der Waals surface area contributed by atoms with Crippen LogP contribution in [0.3, 0.4) is 0 Å². The summed E-state index contributed by atoms with van der Waals surface area (Å²) in [6.07, 6.45) is 0. The van der Waals surface area contributed by atoms with Crippen LogP contribution in [0.2, 0.25) is 0 Å². The standard InChI is InChI=1S/C10H9F2NO2/c1-5-4-15-8-3-6(11)2-7(12)9(8)13-10(5)14/h2-3,5H,4H2,1H3,(H,13,14)/t5-/m0/s1. The van der Waals surface area contributed by atoms with Gasteiger partial charge in [0.25, 0.3) is 0 Å². The zero-order valence-corrected chi connectivity index (χ0v) is 8.01. The number of carbonyl (C=O) groups is 1. The molecule has 0 bridgehead atoms. The van der Waals surface area contributed by atoms with E-state index in [1.165, 1.54) is 0 Å². The molecule has 2 rings (SSSR count). The Bertz CT molecular complexity index is 420. The van der Waals surface area contributed by atoms with Crippen LogP contribution in [-0.4, -0.2) is 12.5 Å². The molecule has 0 unspecified atom stereocenters. The van der Waals surface area contributed by atoms with Crippen LogP contribution in [0.1, 0.15) is 6.92 Å². The van der Waals surface area contributed by atoms with Crippen LogP contribution in [-0.2, 0) is 4.79 Å². The highest BCUT2D eigenvalue weighted by Gasteiger charge is 2.23. The van der Waals surface area contributed by atoms with Crippen LogP contribution in [0.15, 0.2) is 12.1 Å². The molecule has 1 amide bonds. The first kappa shape index (κ1) is 9.89. The summed E-state index contributed by atoms with van der Waals surface area (Å²) in [6, 6.07) is 1.76. The number of rotatable bonds is 0. The van der Waals surface area contributed by atoms with Crippen molar-refractivity contribution >= 4 is 11.6 Å². The Kier molecular flexibility index (Phi) is 2.30. The number of halogens is 2. The molecule has 1 aromatic carbocycles. The highest BCUT2D eigenvalue weighted by molar-refractivity contribution is 5.94. The summed E-state index contributed by atoms with van der Waals surface area (Å²) in [7, 11) is 0. The minimum Gasteiger partial charge on any atom is -0.490 e. The molecule has 0 saturated carbocycles. The molecule has 1 aliphatic rings. The van der Waals surface area contributed by atoms with Gasteiger partial charge in [-0.2, -0.15) is 0 Å². The zero-order valence-electron chi connectivity index (χ0n) is 8.01. The van der Waals surface area contributed by atoms with E-state index in [0.717, 1.165) is 6.07 Å².